The molecule has 0 aliphatic heterocycles. The van der Waals surface area contributed by atoms with Gasteiger partial charge in [0.2, 0.25) is 5.91 Å². The summed E-state index contributed by atoms with van der Waals surface area (Å²) in [7, 11) is 1.80. The second-order valence-electron chi connectivity index (χ2n) is 7.59. The number of nitrogens with zero attached hydrogens (tertiary/aromatic N) is 1. The third kappa shape index (κ3) is 6.40. The van der Waals surface area contributed by atoms with Crippen LogP contribution < -0.4 is 0 Å². The Balaban J connectivity index is 4.10. The van der Waals surface area contributed by atoms with Crippen LogP contribution in [-0.4, -0.2) is 37.0 Å². The number of hydrogen-bond donors (Lipinski definition) is 0. The lowest BCUT2D eigenvalue weighted by molar-refractivity contribution is -0.153. The number of carbonyl (C=O) groups is 2. The number of hydrogen-bond acceptors (Lipinski definition) is 3. The fourth-order valence-corrected chi connectivity index (χ4v) is 1.49. The molecule has 0 aromatic rings. The highest BCUT2D eigenvalue weighted by atomic mass is 16.5. The van der Waals surface area contributed by atoms with E-state index in [0.29, 0.717) is 19.6 Å². The van der Waals surface area contributed by atoms with Crippen molar-refractivity contribution in [3.63, 3.8) is 0 Å². The summed E-state index contributed by atoms with van der Waals surface area (Å²) >= 11 is 0. The normalized spacial score (nSPS) is 13.8. The van der Waals surface area contributed by atoms with E-state index < -0.39 is 5.41 Å². The van der Waals surface area contributed by atoms with Crippen LogP contribution in [0.1, 0.15) is 54.9 Å². The summed E-state index contributed by atoms with van der Waals surface area (Å²) in [4.78, 5) is 25.5. The Morgan fingerprint density at radius 1 is 1.10 bits per heavy atom. The van der Waals surface area contributed by atoms with Gasteiger partial charge in [-0.1, -0.05) is 27.7 Å². The van der Waals surface area contributed by atoms with E-state index in [4.69, 9.17) is 4.74 Å². The van der Waals surface area contributed by atoms with Crippen LogP contribution in [0.25, 0.3) is 0 Å². The summed E-state index contributed by atoms with van der Waals surface area (Å²) < 4.78 is 5.19. The molecule has 0 heterocycles. The summed E-state index contributed by atoms with van der Waals surface area (Å²) in [6.07, 6.45) is 0.668. The average molecular weight is 285 g/mol. The molecule has 0 bridgehead atoms. The van der Waals surface area contributed by atoms with Gasteiger partial charge in [0.25, 0.3) is 0 Å². The molecule has 0 N–H and O–H groups in total. The summed E-state index contributed by atoms with van der Waals surface area (Å²) in [5, 5.41) is 0. The van der Waals surface area contributed by atoms with Gasteiger partial charge >= 0.3 is 5.97 Å². The Labute approximate surface area is 123 Å². The molecule has 0 saturated heterocycles. The quantitative estimate of drug-likeness (QED) is 0.576. The maximum absolute atomic E-state index is 12.2. The zero-order chi connectivity index (χ0) is 16.1. The molecule has 20 heavy (non-hydrogen) atoms. The second-order valence-corrected chi connectivity index (χ2v) is 7.59. The highest BCUT2D eigenvalue weighted by molar-refractivity contribution is 5.79. The highest BCUT2D eigenvalue weighted by Gasteiger charge is 2.29. The number of carbonyl (C=O) groups excluding carboxylic acids is 2. The lowest BCUT2D eigenvalue weighted by Gasteiger charge is -2.30. The fraction of sp³-hybridized carbons (Fsp3) is 0.875. The van der Waals surface area contributed by atoms with Crippen LogP contribution in [0.3, 0.4) is 0 Å². The minimum Gasteiger partial charge on any atom is -0.465 e. The first-order chi connectivity index (χ1) is 8.87. The lowest BCUT2D eigenvalue weighted by Crippen LogP contribution is -2.38. The second kappa shape index (κ2) is 7.09. The monoisotopic (exact) mass is 285 g/mol. The van der Waals surface area contributed by atoms with Crippen molar-refractivity contribution in [2.45, 2.75) is 54.9 Å². The average Bonchev–Trinajstić information content (AvgIpc) is 2.29. The van der Waals surface area contributed by atoms with Gasteiger partial charge < -0.3 is 9.64 Å². The van der Waals surface area contributed by atoms with Gasteiger partial charge in [0, 0.05) is 19.5 Å². The van der Waals surface area contributed by atoms with E-state index in [1.54, 1.807) is 11.9 Å². The van der Waals surface area contributed by atoms with Gasteiger partial charge in [-0.2, -0.15) is 0 Å². The smallest absolute Gasteiger partial charge is 0.311 e. The van der Waals surface area contributed by atoms with Gasteiger partial charge in [0.1, 0.15) is 0 Å². The number of amides is 1. The predicted molar refractivity (Wildman–Crippen MR) is 81.3 cm³/mol. The van der Waals surface area contributed by atoms with Crippen molar-refractivity contribution in [1.29, 1.82) is 0 Å². The van der Waals surface area contributed by atoms with Crippen LogP contribution in [-0.2, 0) is 14.3 Å². The van der Waals surface area contributed by atoms with Crippen molar-refractivity contribution in [3.8, 4) is 0 Å². The Morgan fingerprint density at radius 3 is 2.00 bits per heavy atom. The molecule has 0 aromatic carbocycles. The largest absolute Gasteiger partial charge is 0.465 e. The van der Waals surface area contributed by atoms with Crippen molar-refractivity contribution in [2.24, 2.45) is 16.7 Å². The maximum atomic E-state index is 12.2. The van der Waals surface area contributed by atoms with Crippen molar-refractivity contribution < 1.29 is 14.3 Å². The first kappa shape index (κ1) is 18.9. The zero-order valence-electron chi connectivity index (χ0n) is 14.4. The molecule has 4 nitrogen and oxygen atoms in total. The molecule has 1 unspecified atom stereocenters. The molecule has 0 rings (SSSR count). The molecule has 0 saturated carbocycles. The van der Waals surface area contributed by atoms with Gasteiger partial charge in [-0.05, 0) is 32.6 Å². The van der Waals surface area contributed by atoms with Crippen molar-refractivity contribution in [2.75, 3.05) is 20.2 Å². The minimum atomic E-state index is -0.470. The summed E-state index contributed by atoms with van der Waals surface area (Å²) in [6.45, 7) is 14.6. The van der Waals surface area contributed by atoms with Gasteiger partial charge in [0.15, 0.2) is 0 Å². The van der Waals surface area contributed by atoms with Gasteiger partial charge in [-0.15, -0.1) is 0 Å². The Morgan fingerprint density at radius 2 is 1.60 bits per heavy atom. The molecule has 0 aliphatic carbocycles. The maximum Gasteiger partial charge on any atom is 0.311 e. The molecule has 0 radical (unpaired) electrons. The molecular formula is C16H31NO3. The number of ether oxygens (including phenoxy) is 1. The first-order valence-electron chi connectivity index (χ1n) is 7.29. The topological polar surface area (TPSA) is 46.6 Å². The van der Waals surface area contributed by atoms with E-state index >= 15 is 0 Å². The van der Waals surface area contributed by atoms with Gasteiger partial charge in [-0.25, -0.2) is 0 Å². The third-order valence-electron chi connectivity index (χ3n) is 3.53. The van der Waals surface area contributed by atoms with Gasteiger partial charge in [0.05, 0.1) is 12.0 Å². The van der Waals surface area contributed by atoms with E-state index in [-0.39, 0.29) is 23.2 Å². The molecule has 118 valence electrons. The molecule has 1 atom stereocenters. The van der Waals surface area contributed by atoms with Crippen LogP contribution in [0.5, 0.6) is 0 Å². The van der Waals surface area contributed by atoms with Crippen LogP contribution in [0.4, 0.5) is 0 Å². The SMILES string of the molecule is CC(C(=O)N(C)CCCOC(=O)C(C)(C)C)C(C)(C)C. The van der Waals surface area contributed by atoms with Gasteiger partial charge in [-0.3, -0.25) is 9.59 Å². The predicted octanol–water partition coefficient (Wildman–Crippen LogP) is 3.11. The lowest BCUT2D eigenvalue weighted by atomic mass is 9.81. The minimum absolute atomic E-state index is 0.0235. The fourth-order valence-electron chi connectivity index (χ4n) is 1.49. The number of rotatable bonds is 5. The van der Waals surface area contributed by atoms with Crippen LogP contribution in [0.2, 0.25) is 0 Å². The highest BCUT2D eigenvalue weighted by Crippen LogP contribution is 2.26. The van der Waals surface area contributed by atoms with Crippen molar-refractivity contribution in [3.05, 3.63) is 0 Å². The van der Waals surface area contributed by atoms with Crippen LogP contribution >= 0.6 is 0 Å². The zero-order valence-corrected chi connectivity index (χ0v) is 14.4. The Hall–Kier alpha value is -1.06. The van der Waals surface area contributed by atoms with E-state index in [2.05, 4.69) is 20.8 Å². The number of esters is 1. The van der Waals surface area contributed by atoms with E-state index in [0.717, 1.165) is 0 Å². The molecule has 0 aliphatic rings. The molecule has 4 heteroatoms. The van der Waals surface area contributed by atoms with Crippen LogP contribution in [0.15, 0.2) is 0 Å². The molecule has 0 fully saturated rings. The Kier molecular flexibility index (Phi) is 6.72. The standard InChI is InChI=1S/C16H31NO3/c1-12(15(2,3)4)13(18)17(8)10-9-11-20-14(19)16(5,6)7/h12H,9-11H2,1-8H3. The van der Waals surface area contributed by atoms with Crippen molar-refractivity contribution in [1.82, 2.24) is 4.90 Å². The van der Waals surface area contributed by atoms with E-state index in [1.807, 2.05) is 27.7 Å². The third-order valence-corrected chi connectivity index (χ3v) is 3.53. The molecule has 0 spiro atoms. The van der Waals surface area contributed by atoms with E-state index in [9.17, 15) is 9.59 Å². The first-order valence-corrected chi connectivity index (χ1v) is 7.29. The summed E-state index contributed by atoms with van der Waals surface area (Å²) in [5.41, 5.74) is -0.507. The van der Waals surface area contributed by atoms with Crippen LogP contribution in [0, 0.1) is 16.7 Å². The summed E-state index contributed by atoms with van der Waals surface area (Å²) in [5.74, 6) is -0.0844. The molecule has 0 aromatic heterocycles. The summed E-state index contributed by atoms with van der Waals surface area (Å²) in [6, 6.07) is 0. The Bertz CT molecular complexity index is 337. The van der Waals surface area contributed by atoms with Crippen molar-refractivity contribution >= 4 is 11.9 Å². The van der Waals surface area contributed by atoms with E-state index in [1.165, 1.54) is 0 Å². The molecular weight excluding hydrogens is 254 g/mol. The molecule has 1 amide bonds.